The number of anilines is 1. The van der Waals surface area contributed by atoms with Crippen LogP contribution in [0.25, 0.3) is 0 Å². The Balaban J connectivity index is 3.14. The molecule has 0 unspecified atom stereocenters. The van der Waals surface area contributed by atoms with Gasteiger partial charge in [-0.25, -0.2) is 15.0 Å². The highest BCUT2D eigenvalue weighted by Crippen LogP contribution is 2.16. The number of aliphatic carboxylic acids is 1. The van der Waals surface area contributed by atoms with E-state index in [1.807, 2.05) is 0 Å². The monoisotopic (exact) mass is 293 g/mol. The zero-order valence-electron chi connectivity index (χ0n) is 11.5. The van der Waals surface area contributed by atoms with Gasteiger partial charge in [-0.15, -0.1) is 0 Å². The molecule has 1 aromatic rings. The summed E-state index contributed by atoms with van der Waals surface area (Å²) in [4.78, 5) is 33.5. The van der Waals surface area contributed by atoms with Gasteiger partial charge in [0.1, 0.15) is 0 Å². The van der Waals surface area contributed by atoms with Gasteiger partial charge in [0.2, 0.25) is 5.91 Å². The normalized spacial score (nSPS) is 10.7. The van der Waals surface area contributed by atoms with Crippen LogP contribution in [-0.4, -0.2) is 35.4 Å². The van der Waals surface area contributed by atoms with E-state index < -0.39 is 23.7 Å². The van der Waals surface area contributed by atoms with Crippen LogP contribution in [0.2, 0.25) is 0 Å². The first-order valence-electron chi connectivity index (χ1n) is 6.06. The zero-order valence-corrected chi connectivity index (χ0v) is 11.5. The number of carboxylic acid groups (broad SMARTS) is 1. The summed E-state index contributed by atoms with van der Waals surface area (Å²) in [6.07, 6.45) is -0.714. The van der Waals surface area contributed by atoms with Gasteiger partial charge >= 0.3 is 12.1 Å². The summed E-state index contributed by atoms with van der Waals surface area (Å²) < 4.78 is 4.73. The second-order valence-corrected chi connectivity index (χ2v) is 3.82. The molecule has 21 heavy (non-hydrogen) atoms. The summed E-state index contributed by atoms with van der Waals surface area (Å²) in [5, 5.41) is 15.1. The predicted molar refractivity (Wildman–Crippen MR) is 75.1 cm³/mol. The van der Waals surface area contributed by atoms with Gasteiger partial charge in [-0.3, -0.25) is 10.1 Å². The van der Waals surface area contributed by atoms with Gasteiger partial charge in [-0.2, -0.15) is 5.10 Å². The first-order valence-corrected chi connectivity index (χ1v) is 6.06. The number of benzene rings is 1. The standard InChI is InChI=1S/C13H15N3O5/c1-3-21-13(20)14-10-7-5-4-6-9(10)11(12(18)19)16-15-8(2)17/h4-7H,3H2,1-2H3,(H,14,20)(H,15,17)(H,18,19)/b16-11+. The number of carbonyl (C=O) groups excluding carboxylic acids is 2. The Morgan fingerprint density at radius 2 is 1.95 bits per heavy atom. The minimum Gasteiger partial charge on any atom is -0.476 e. The van der Waals surface area contributed by atoms with Crippen LogP contribution in [0, 0.1) is 0 Å². The second kappa shape index (κ2) is 7.63. The van der Waals surface area contributed by atoms with E-state index in [-0.39, 0.29) is 17.9 Å². The number of carboxylic acids is 1. The van der Waals surface area contributed by atoms with Crippen molar-refractivity contribution in [3.8, 4) is 0 Å². The third-order valence-corrected chi connectivity index (χ3v) is 2.22. The van der Waals surface area contributed by atoms with Gasteiger partial charge in [-0.05, 0) is 13.0 Å². The molecule has 0 aromatic heterocycles. The third kappa shape index (κ3) is 4.94. The lowest BCUT2D eigenvalue weighted by molar-refractivity contribution is -0.129. The Bertz CT molecular complexity index is 583. The largest absolute Gasteiger partial charge is 0.476 e. The molecule has 0 bridgehead atoms. The molecule has 0 aliphatic carbocycles. The van der Waals surface area contributed by atoms with Crippen molar-refractivity contribution in [2.24, 2.45) is 5.10 Å². The number of hydrogen-bond acceptors (Lipinski definition) is 5. The zero-order chi connectivity index (χ0) is 15.8. The predicted octanol–water partition coefficient (Wildman–Crippen LogP) is 1.18. The number of para-hydroxylation sites is 1. The van der Waals surface area contributed by atoms with Crippen LogP contribution in [0.15, 0.2) is 29.4 Å². The summed E-state index contributed by atoms with van der Waals surface area (Å²) in [5.74, 6) is -1.86. The van der Waals surface area contributed by atoms with Crippen LogP contribution in [0.3, 0.4) is 0 Å². The molecule has 0 fully saturated rings. The number of ether oxygens (including phenoxy) is 1. The van der Waals surface area contributed by atoms with Crippen molar-refractivity contribution in [3.05, 3.63) is 29.8 Å². The minimum atomic E-state index is -1.35. The fraction of sp³-hybridized carbons (Fsp3) is 0.231. The maximum Gasteiger partial charge on any atom is 0.411 e. The summed E-state index contributed by atoms with van der Waals surface area (Å²) in [6.45, 7) is 3.03. The molecule has 1 rings (SSSR count). The van der Waals surface area contributed by atoms with Crippen LogP contribution >= 0.6 is 0 Å². The van der Waals surface area contributed by atoms with Crippen molar-refractivity contribution in [1.29, 1.82) is 0 Å². The van der Waals surface area contributed by atoms with Gasteiger partial charge in [-0.1, -0.05) is 18.2 Å². The maximum atomic E-state index is 11.4. The van der Waals surface area contributed by atoms with Crippen molar-refractivity contribution in [2.75, 3.05) is 11.9 Å². The Labute approximate surface area is 120 Å². The van der Waals surface area contributed by atoms with Gasteiger partial charge in [0.05, 0.1) is 12.3 Å². The van der Waals surface area contributed by atoms with Crippen molar-refractivity contribution in [2.45, 2.75) is 13.8 Å². The second-order valence-electron chi connectivity index (χ2n) is 3.82. The molecule has 0 aliphatic heterocycles. The molecular formula is C13H15N3O5. The lowest BCUT2D eigenvalue weighted by Gasteiger charge is -2.10. The highest BCUT2D eigenvalue weighted by molar-refractivity contribution is 6.44. The number of nitrogens with zero attached hydrogens (tertiary/aromatic N) is 1. The Kier molecular flexibility index (Phi) is 5.87. The van der Waals surface area contributed by atoms with Gasteiger partial charge in [0, 0.05) is 12.5 Å². The third-order valence-electron chi connectivity index (χ3n) is 2.22. The highest BCUT2D eigenvalue weighted by atomic mass is 16.5. The van der Waals surface area contributed by atoms with Crippen LogP contribution < -0.4 is 10.7 Å². The molecule has 0 heterocycles. The molecule has 0 aliphatic rings. The van der Waals surface area contributed by atoms with Crippen LogP contribution in [0.5, 0.6) is 0 Å². The SMILES string of the molecule is CCOC(=O)Nc1ccccc1/C(=N\NC(C)=O)C(=O)O. The molecule has 8 nitrogen and oxygen atoms in total. The molecule has 3 N–H and O–H groups in total. The van der Waals surface area contributed by atoms with Crippen LogP contribution in [-0.2, 0) is 14.3 Å². The quantitative estimate of drug-likeness (QED) is 0.556. The van der Waals surface area contributed by atoms with Crippen molar-refractivity contribution < 1.29 is 24.2 Å². The average Bonchev–Trinajstić information content (AvgIpc) is 2.40. The Hall–Kier alpha value is -2.90. The topological polar surface area (TPSA) is 117 Å². The summed E-state index contributed by atoms with van der Waals surface area (Å²) >= 11 is 0. The maximum absolute atomic E-state index is 11.4. The molecule has 1 aromatic carbocycles. The van der Waals surface area contributed by atoms with Gasteiger partial charge in [0.25, 0.3) is 0 Å². The number of nitrogens with one attached hydrogen (secondary N) is 2. The van der Waals surface area contributed by atoms with E-state index in [1.54, 1.807) is 19.1 Å². The molecule has 2 amide bonds. The molecule has 0 atom stereocenters. The molecular weight excluding hydrogens is 278 g/mol. The van der Waals surface area contributed by atoms with Gasteiger partial charge in [0.15, 0.2) is 5.71 Å². The van der Waals surface area contributed by atoms with Crippen LogP contribution in [0.4, 0.5) is 10.5 Å². The minimum absolute atomic E-state index is 0.145. The molecule has 0 saturated heterocycles. The molecule has 112 valence electrons. The smallest absolute Gasteiger partial charge is 0.411 e. The van der Waals surface area contributed by atoms with E-state index in [0.717, 1.165) is 0 Å². The van der Waals surface area contributed by atoms with Gasteiger partial charge < -0.3 is 9.84 Å². The van der Waals surface area contributed by atoms with E-state index in [2.05, 4.69) is 15.8 Å². The fourth-order valence-corrected chi connectivity index (χ4v) is 1.43. The number of hydrogen-bond donors (Lipinski definition) is 3. The molecule has 8 heteroatoms. The van der Waals surface area contributed by atoms with E-state index in [1.165, 1.54) is 19.1 Å². The number of amides is 2. The fourth-order valence-electron chi connectivity index (χ4n) is 1.43. The first kappa shape index (κ1) is 16.2. The van der Waals surface area contributed by atoms with Crippen molar-refractivity contribution >= 4 is 29.4 Å². The summed E-state index contributed by atoms with van der Waals surface area (Å²) in [7, 11) is 0. The molecule has 0 radical (unpaired) electrons. The Morgan fingerprint density at radius 1 is 1.29 bits per heavy atom. The summed E-state index contributed by atoms with van der Waals surface area (Å²) in [6, 6.07) is 6.15. The first-order chi connectivity index (χ1) is 9.95. The molecule has 0 spiro atoms. The molecule has 0 saturated carbocycles. The number of carbonyl (C=O) groups is 3. The van der Waals surface area contributed by atoms with Crippen molar-refractivity contribution in [1.82, 2.24) is 5.43 Å². The lowest BCUT2D eigenvalue weighted by Crippen LogP contribution is -2.24. The average molecular weight is 293 g/mol. The number of rotatable bonds is 5. The number of hydrazone groups is 1. The van der Waals surface area contributed by atoms with E-state index in [9.17, 15) is 19.5 Å². The van der Waals surface area contributed by atoms with Crippen LogP contribution in [0.1, 0.15) is 19.4 Å². The van der Waals surface area contributed by atoms with E-state index in [0.29, 0.717) is 0 Å². The summed E-state index contributed by atoms with van der Waals surface area (Å²) in [5.41, 5.74) is 2.01. The lowest BCUT2D eigenvalue weighted by atomic mass is 10.1. The van der Waals surface area contributed by atoms with E-state index in [4.69, 9.17) is 4.74 Å². The Morgan fingerprint density at radius 3 is 2.52 bits per heavy atom. The van der Waals surface area contributed by atoms with Crippen molar-refractivity contribution in [3.63, 3.8) is 0 Å². The highest BCUT2D eigenvalue weighted by Gasteiger charge is 2.18. The van der Waals surface area contributed by atoms with E-state index >= 15 is 0 Å².